The van der Waals surface area contributed by atoms with E-state index in [-0.39, 0.29) is 11.2 Å². The molecule has 0 radical (unpaired) electrons. The Morgan fingerprint density at radius 1 is 0.575 bits per heavy atom. The second-order valence-corrected chi connectivity index (χ2v) is 11.4. The summed E-state index contributed by atoms with van der Waals surface area (Å²) < 4.78 is 0. The SMILES string of the molecule is CC(C)(c1ccccc1)c1cc(-c2ccc3n[nH]nc3c2-c2ccccc2)c(O)c(C(C)(C)c2ccccc2)c1. The Labute approximate surface area is 235 Å². The summed E-state index contributed by atoms with van der Waals surface area (Å²) in [5.74, 6) is 0.279. The van der Waals surface area contributed by atoms with Gasteiger partial charge in [0.15, 0.2) is 0 Å². The number of H-pyrrole nitrogens is 1. The topological polar surface area (TPSA) is 61.8 Å². The Balaban J connectivity index is 1.68. The van der Waals surface area contributed by atoms with Gasteiger partial charge in [-0.15, -0.1) is 0 Å². The van der Waals surface area contributed by atoms with Crippen LogP contribution < -0.4 is 0 Å². The fraction of sp³-hybridized carbons (Fsp3) is 0.167. The number of aromatic hydroxyl groups is 1. The third kappa shape index (κ3) is 4.26. The zero-order chi connectivity index (χ0) is 27.9. The lowest BCUT2D eigenvalue weighted by atomic mass is 9.71. The maximum atomic E-state index is 12.2. The summed E-state index contributed by atoms with van der Waals surface area (Å²) in [5, 5.41) is 23.8. The number of hydrogen-bond donors (Lipinski definition) is 2. The molecule has 6 aromatic rings. The minimum absolute atomic E-state index is 0.279. The molecule has 0 atom stereocenters. The lowest BCUT2D eigenvalue weighted by Gasteiger charge is -2.33. The molecule has 6 rings (SSSR count). The van der Waals surface area contributed by atoms with Gasteiger partial charge in [-0.3, -0.25) is 0 Å². The number of benzene rings is 5. The monoisotopic (exact) mass is 523 g/mol. The summed E-state index contributed by atoms with van der Waals surface area (Å²) in [5.41, 5.74) is 8.83. The first-order valence-corrected chi connectivity index (χ1v) is 13.7. The van der Waals surface area contributed by atoms with E-state index in [0.29, 0.717) is 0 Å². The van der Waals surface area contributed by atoms with E-state index in [1.54, 1.807) is 0 Å². The van der Waals surface area contributed by atoms with Gasteiger partial charge in [-0.25, -0.2) is 0 Å². The van der Waals surface area contributed by atoms with E-state index in [1.165, 1.54) is 5.56 Å². The number of nitrogens with zero attached hydrogens (tertiary/aromatic N) is 2. The Kier molecular flexibility index (Phi) is 6.26. The van der Waals surface area contributed by atoms with Crippen LogP contribution in [0.25, 0.3) is 33.3 Å². The molecule has 0 amide bonds. The summed E-state index contributed by atoms with van der Waals surface area (Å²) in [4.78, 5) is 0. The number of phenols is 1. The van der Waals surface area contributed by atoms with Gasteiger partial charge in [0, 0.05) is 27.5 Å². The van der Waals surface area contributed by atoms with Gasteiger partial charge in [-0.05, 0) is 39.9 Å². The molecule has 198 valence electrons. The van der Waals surface area contributed by atoms with Gasteiger partial charge < -0.3 is 5.11 Å². The third-order valence-corrected chi connectivity index (χ3v) is 8.34. The number of nitrogens with one attached hydrogen (secondary N) is 1. The van der Waals surface area contributed by atoms with Crippen LogP contribution in [0.5, 0.6) is 5.75 Å². The maximum absolute atomic E-state index is 12.2. The van der Waals surface area contributed by atoms with Crippen LogP contribution in [0.1, 0.15) is 49.9 Å². The molecule has 0 unspecified atom stereocenters. The van der Waals surface area contributed by atoms with E-state index in [4.69, 9.17) is 0 Å². The highest BCUT2D eigenvalue weighted by molar-refractivity contribution is 6.01. The van der Waals surface area contributed by atoms with Gasteiger partial charge >= 0.3 is 0 Å². The second-order valence-electron chi connectivity index (χ2n) is 11.4. The standard InChI is InChI=1S/C36H33N3O/c1-35(2,25-16-10-6-11-17-25)27-22-29(34(40)30(23-27)36(3,4)26-18-12-7-13-19-26)28-20-21-31-33(38-39-37-31)32(28)24-14-8-5-9-15-24/h5-23,40H,1-4H3,(H,37,38,39). The molecule has 40 heavy (non-hydrogen) atoms. The minimum atomic E-state index is -0.451. The lowest BCUT2D eigenvalue weighted by Crippen LogP contribution is -2.23. The number of hydrogen-bond acceptors (Lipinski definition) is 3. The molecule has 0 saturated carbocycles. The van der Waals surface area contributed by atoms with Crippen molar-refractivity contribution in [3.05, 3.63) is 138 Å². The van der Waals surface area contributed by atoms with Gasteiger partial charge in [0.1, 0.15) is 16.8 Å². The Morgan fingerprint density at radius 3 is 1.77 bits per heavy atom. The average Bonchev–Trinajstić information content (AvgIpc) is 3.47. The van der Waals surface area contributed by atoms with Gasteiger partial charge in [-0.1, -0.05) is 131 Å². The zero-order valence-corrected chi connectivity index (χ0v) is 23.3. The van der Waals surface area contributed by atoms with E-state index in [2.05, 4.69) is 122 Å². The molecule has 2 N–H and O–H groups in total. The molecule has 0 bridgehead atoms. The van der Waals surface area contributed by atoms with Crippen LogP contribution in [-0.2, 0) is 10.8 Å². The molecule has 0 aliphatic heterocycles. The molecule has 4 heteroatoms. The smallest absolute Gasteiger partial charge is 0.127 e. The summed E-state index contributed by atoms with van der Waals surface area (Å²) in [6.45, 7) is 8.85. The van der Waals surface area contributed by atoms with Gasteiger partial charge in [-0.2, -0.15) is 15.4 Å². The van der Waals surface area contributed by atoms with Gasteiger partial charge in [0.25, 0.3) is 0 Å². The van der Waals surface area contributed by atoms with E-state index < -0.39 is 5.41 Å². The summed E-state index contributed by atoms with van der Waals surface area (Å²) >= 11 is 0. The van der Waals surface area contributed by atoms with Crippen LogP contribution in [-0.4, -0.2) is 20.5 Å². The minimum Gasteiger partial charge on any atom is -0.507 e. The van der Waals surface area contributed by atoms with Crippen LogP contribution in [0.3, 0.4) is 0 Å². The van der Waals surface area contributed by atoms with E-state index in [9.17, 15) is 5.11 Å². The van der Waals surface area contributed by atoms with Gasteiger partial charge in [0.2, 0.25) is 0 Å². The van der Waals surface area contributed by atoms with Gasteiger partial charge in [0.05, 0.1) is 0 Å². The van der Waals surface area contributed by atoms with Crippen LogP contribution in [0.2, 0.25) is 0 Å². The average molecular weight is 524 g/mol. The van der Waals surface area contributed by atoms with E-state index in [0.717, 1.165) is 50.0 Å². The summed E-state index contributed by atoms with van der Waals surface area (Å²) in [6.07, 6.45) is 0. The first-order valence-electron chi connectivity index (χ1n) is 13.7. The number of fused-ring (bicyclic) bond motifs is 1. The van der Waals surface area contributed by atoms with Crippen LogP contribution in [0, 0.1) is 0 Å². The lowest BCUT2D eigenvalue weighted by molar-refractivity contribution is 0.453. The fourth-order valence-corrected chi connectivity index (χ4v) is 5.74. The van der Waals surface area contributed by atoms with Crippen molar-refractivity contribution in [3.8, 4) is 28.0 Å². The van der Waals surface area contributed by atoms with E-state index >= 15 is 0 Å². The molecule has 5 aromatic carbocycles. The predicted octanol–water partition coefficient (Wildman–Crippen LogP) is 8.65. The van der Waals surface area contributed by atoms with E-state index in [1.807, 2.05) is 36.4 Å². The fourth-order valence-electron chi connectivity index (χ4n) is 5.74. The largest absolute Gasteiger partial charge is 0.507 e. The number of rotatable bonds is 6. The molecule has 0 saturated heterocycles. The molecule has 1 aromatic heterocycles. The van der Waals surface area contributed by atoms with Crippen LogP contribution in [0.15, 0.2) is 115 Å². The Bertz CT molecular complexity index is 1790. The van der Waals surface area contributed by atoms with Crippen LogP contribution >= 0.6 is 0 Å². The Morgan fingerprint density at radius 2 is 1.15 bits per heavy atom. The van der Waals surface area contributed by atoms with Crippen molar-refractivity contribution in [1.29, 1.82) is 0 Å². The predicted molar refractivity (Wildman–Crippen MR) is 164 cm³/mol. The first-order chi connectivity index (χ1) is 19.3. The van der Waals surface area contributed by atoms with Crippen molar-refractivity contribution in [2.75, 3.05) is 0 Å². The van der Waals surface area contributed by atoms with Crippen molar-refractivity contribution in [3.63, 3.8) is 0 Å². The number of phenolic OH excluding ortho intramolecular Hbond substituents is 1. The summed E-state index contributed by atoms with van der Waals surface area (Å²) in [6, 6.07) is 39.5. The number of aromatic nitrogens is 3. The highest BCUT2D eigenvalue weighted by Crippen LogP contribution is 2.48. The molecule has 0 aliphatic rings. The molecule has 0 fully saturated rings. The second kappa shape index (κ2) is 9.80. The highest BCUT2D eigenvalue weighted by atomic mass is 16.3. The highest BCUT2D eigenvalue weighted by Gasteiger charge is 2.33. The van der Waals surface area contributed by atoms with Crippen LogP contribution in [0.4, 0.5) is 0 Å². The van der Waals surface area contributed by atoms with Crippen molar-refractivity contribution in [2.45, 2.75) is 38.5 Å². The maximum Gasteiger partial charge on any atom is 0.127 e. The quantitative estimate of drug-likeness (QED) is 0.230. The first kappa shape index (κ1) is 25.6. The molecular weight excluding hydrogens is 490 g/mol. The molecule has 1 heterocycles. The normalized spacial score (nSPS) is 12.1. The van der Waals surface area contributed by atoms with Crippen molar-refractivity contribution < 1.29 is 5.11 Å². The van der Waals surface area contributed by atoms with Crippen molar-refractivity contribution in [2.24, 2.45) is 0 Å². The number of aromatic amines is 1. The Hall–Kier alpha value is -4.70. The van der Waals surface area contributed by atoms with Crippen molar-refractivity contribution >= 4 is 11.0 Å². The molecular formula is C36H33N3O. The van der Waals surface area contributed by atoms with Crippen molar-refractivity contribution in [1.82, 2.24) is 15.4 Å². The molecule has 0 spiro atoms. The third-order valence-electron chi connectivity index (χ3n) is 8.34. The summed E-state index contributed by atoms with van der Waals surface area (Å²) in [7, 11) is 0. The zero-order valence-electron chi connectivity index (χ0n) is 23.3. The molecule has 4 nitrogen and oxygen atoms in total. The molecule has 0 aliphatic carbocycles.